The Morgan fingerprint density at radius 1 is 0.871 bits per heavy atom. The van der Waals surface area contributed by atoms with Crippen molar-refractivity contribution in [3.05, 3.63) is 30.7 Å². The molecule has 0 saturated heterocycles. The summed E-state index contributed by atoms with van der Waals surface area (Å²) < 4.78 is 16.2. The van der Waals surface area contributed by atoms with Gasteiger partial charge in [-0.15, -0.1) is 0 Å². The quantitative estimate of drug-likeness (QED) is 0.498. The first-order valence-corrected chi connectivity index (χ1v) is 9.72. The van der Waals surface area contributed by atoms with Crippen LogP contribution < -0.4 is 29.7 Å². The Morgan fingerprint density at radius 3 is 2.03 bits per heavy atom. The van der Waals surface area contributed by atoms with Gasteiger partial charge in [-0.1, -0.05) is 0 Å². The number of hydrogen-bond donors (Lipinski definition) is 2. The molecule has 2 N–H and O–H groups in total. The van der Waals surface area contributed by atoms with E-state index in [1.165, 1.54) is 6.33 Å². The van der Waals surface area contributed by atoms with E-state index in [4.69, 9.17) is 14.2 Å². The van der Waals surface area contributed by atoms with Crippen LogP contribution in [0, 0.1) is 0 Å². The van der Waals surface area contributed by atoms with Gasteiger partial charge in [0.05, 0.1) is 21.3 Å². The lowest BCUT2D eigenvalue weighted by Crippen LogP contribution is -2.25. The Labute approximate surface area is 180 Å². The molecular formula is C20H26N8O3. The second kappa shape index (κ2) is 10.2. The van der Waals surface area contributed by atoms with E-state index in [1.54, 1.807) is 45.7 Å². The number of nitrogens with zero attached hydrogens (tertiary/aromatic N) is 6. The minimum Gasteiger partial charge on any atom is -0.493 e. The molecule has 3 aromatic rings. The fourth-order valence-corrected chi connectivity index (χ4v) is 2.89. The van der Waals surface area contributed by atoms with Crippen molar-refractivity contribution in [2.75, 3.05) is 50.0 Å². The van der Waals surface area contributed by atoms with Crippen molar-refractivity contribution in [2.45, 2.75) is 13.8 Å². The fraction of sp³-hybridized carbons (Fsp3) is 0.350. The van der Waals surface area contributed by atoms with Gasteiger partial charge in [0.25, 0.3) is 0 Å². The summed E-state index contributed by atoms with van der Waals surface area (Å²) in [5.41, 5.74) is 0.666. The standard InChI is InChI=1S/C20H26N8O3/c1-6-28(7-2)20-26-18(25-19(27-20)24-16-8-9-21-12-22-16)23-13-10-14(29-3)17(31-5)15(11-13)30-4/h8-12H,6-7H2,1-5H3,(H2,21,22,23,24,25,26,27). The SMILES string of the molecule is CCN(CC)c1nc(Nc2cc(OC)c(OC)c(OC)c2)nc(Nc2ccncn2)n1. The minimum atomic E-state index is 0.350. The number of aromatic nitrogens is 5. The highest BCUT2D eigenvalue weighted by Crippen LogP contribution is 2.40. The van der Waals surface area contributed by atoms with E-state index in [1.807, 2.05) is 18.7 Å². The third-order valence-corrected chi connectivity index (χ3v) is 4.41. The van der Waals surface area contributed by atoms with Crippen molar-refractivity contribution < 1.29 is 14.2 Å². The van der Waals surface area contributed by atoms with E-state index >= 15 is 0 Å². The van der Waals surface area contributed by atoms with Gasteiger partial charge in [0.1, 0.15) is 12.1 Å². The van der Waals surface area contributed by atoms with E-state index in [9.17, 15) is 0 Å². The molecule has 0 unspecified atom stereocenters. The topological polar surface area (TPSA) is 119 Å². The van der Waals surface area contributed by atoms with Crippen LogP contribution >= 0.6 is 0 Å². The smallest absolute Gasteiger partial charge is 0.235 e. The van der Waals surface area contributed by atoms with Crippen LogP contribution in [0.1, 0.15) is 13.8 Å². The Morgan fingerprint density at radius 2 is 1.52 bits per heavy atom. The maximum atomic E-state index is 5.42. The van der Waals surface area contributed by atoms with E-state index in [0.29, 0.717) is 46.6 Å². The molecule has 0 aliphatic heterocycles. The van der Waals surface area contributed by atoms with Gasteiger partial charge in [-0.3, -0.25) is 0 Å². The zero-order valence-corrected chi connectivity index (χ0v) is 18.2. The third kappa shape index (κ3) is 5.18. The third-order valence-electron chi connectivity index (χ3n) is 4.41. The van der Waals surface area contributed by atoms with Crippen LogP contribution in [0.3, 0.4) is 0 Å². The van der Waals surface area contributed by atoms with Crippen molar-refractivity contribution in [1.29, 1.82) is 0 Å². The van der Waals surface area contributed by atoms with E-state index in [-0.39, 0.29) is 0 Å². The molecule has 11 heteroatoms. The highest BCUT2D eigenvalue weighted by molar-refractivity contribution is 5.66. The average molecular weight is 426 g/mol. The lowest BCUT2D eigenvalue weighted by atomic mass is 10.2. The summed E-state index contributed by atoms with van der Waals surface area (Å²) in [4.78, 5) is 23.7. The van der Waals surface area contributed by atoms with E-state index < -0.39 is 0 Å². The number of hydrogen-bond acceptors (Lipinski definition) is 11. The maximum Gasteiger partial charge on any atom is 0.235 e. The van der Waals surface area contributed by atoms with Crippen LogP contribution in [0.4, 0.5) is 29.4 Å². The van der Waals surface area contributed by atoms with Gasteiger partial charge in [0.2, 0.25) is 23.6 Å². The second-order valence-corrected chi connectivity index (χ2v) is 6.21. The fourth-order valence-electron chi connectivity index (χ4n) is 2.89. The molecule has 0 spiro atoms. The average Bonchev–Trinajstić information content (AvgIpc) is 2.79. The number of anilines is 5. The van der Waals surface area contributed by atoms with Crippen LogP contribution in [0.2, 0.25) is 0 Å². The first kappa shape index (κ1) is 21.8. The Kier molecular flexibility index (Phi) is 7.20. The van der Waals surface area contributed by atoms with Crippen LogP contribution in [0.15, 0.2) is 30.7 Å². The van der Waals surface area contributed by atoms with E-state index in [0.717, 1.165) is 13.1 Å². The van der Waals surface area contributed by atoms with Gasteiger partial charge in [0, 0.05) is 37.1 Å². The van der Waals surface area contributed by atoms with Gasteiger partial charge < -0.3 is 29.7 Å². The van der Waals surface area contributed by atoms with Crippen molar-refractivity contribution >= 4 is 29.4 Å². The Bertz CT molecular complexity index is 974. The first-order valence-electron chi connectivity index (χ1n) is 9.72. The Balaban J connectivity index is 1.99. The second-order valence-electron chi connectivity index (χ2n) is 6.21. The van der Waals surface area contributed by atoms with Crippen LogP contribution in [0.25, 0.3) is 0 Å². The molecule has 2 aromatic heterocycles. The molecule has 1 aromatic carbocycles. The maximum absolute atomic E-state index is 5.42. The number of nitrogens with one attached hydrogen (secondary N) is 2. The van der Waals surface area contributed by atoms with Gasteiger partial charge in [-0.25, -0.2) is 9.97 Å². The van der Waals surface area contributed by atoms with E-state index in [2.05, 4.69) is 35.6 Å². The van der Waals surface area contributed by atoms with Gasteiger partial charge >= 0.3 is 0 Å². The first-order chi connectivity index (χ1) is 15.1. The van der Waals surface area contributed by atoms with Crippen molar-refractivity contribution in [3.63, 3.8) is 0 Å². The molecule has 0 radical (unpaired) electrons. The Hall–Kier alpha value is -3.89. The number of benzene rings is 1. The molecule has 0 bridgehead atoms. The van der Waals surface area contributed by atoms with Crippen molar-refractivity contribution in [3.8, 4) is 17.2 Å². The van der Waals surface area contributed by atoms with Gasteiger partial charge in [-0.05, 0) is 19.9 Å². The molecule has 0 aliphatic carbocycles. The molecule has 0 aliphatic rings. The number of ether oxygens (including phenoxy) is 3. The monoisotopic (exact) mass is 426 g/mol. The molecule has 0 saturated carbocycles. The van der Waals surface area contributed by atoms with Crippen LogP contribution in [0.5, 0.6) is 17.2 Å². The largest absolute Gasteiger partial charge is 0.493 e. The number of rotatable bonds is 10. The molecule has 31 heavy (non-hydrogen) atoms. The molecule has 0 amide bonds. The lowest BCUT2D eigenvalue weighted by molar-refractivity contribution is 0.324. The summed E-state index contributed by atoms with van der Waals surface area (Å²) in [6.45, 7) is 5.57. The summed E-state index contributed by atoms with van der Waals surface area (Å²) >= 11 is 0. The normalized spacial score (nSPS) is 10.4. The van der Waals surface area contributed by atoms with Crippen LogP contribution in [-0.4, -0.2) is 59.3 Å². The molecule has 0 atom stereocenters. The predicted octanol–water partition coefficient (Wildman–Crippen LogP) is 3.02. The minimum absolute atomic E-state index is 0.350. The van der Waals surface area contributed by atoms with Crippen molar-refractivity contribution in [2.24, 2.45) is 0 Å². The van der Waals surface area contributed by atoms with Gasteiger partial charge in [-0.2, -0.15) is 15.0 Å². The van der Waals surface area contributed by atoms with Gasteiger partial charge in [0.15, 0.2) is 11.5 Å². The summed E-state index contributed by atoms with van der Waals surface area (Å²) in [6, 6.07) is 5.28. The predicted molar refractivity (Wildman–Crippen MR) is 118 cm³/mol. The van der Waals surface area contributed by atoms with Crippen molar-refractivity contribution in [1.82, 2.24) is 24.9 Å². The zero-order valence-electron chi connectivity index (χ0n) is 18.2. The highest BCUT2D eigenvalue weighted by atomic mass is 16.5. The molecule has 11 nitrogen and oxygen atoms in total. The molecule has 0 fully saturated rings. The summed E-state index contributed by atoms with van der Waals surface area (Å²) in [6.07, 6.45) is 3.08. The summed E-state index contributed by atoms with van der Waals surface area (Å²) in [7, 11) is 4.68. The highest BCUT2D eigenvalue weighted by Gasteiger charge is 2.16. The summed E-state index contributed by atoms with van der Waals surface area (Å²) in [5.74, 6) is 3.34. The molecule has 2 heterocycles. The molecule has 164 valence electrons. The molecule has 3 rings (SSSR count). The lowest BCUT2D eigenvalue weighted by Gasteiger charge is -2.20. The van der Waals surface area contributed by atoms with Crippen LogP contribution in [-0.2, 0) is 0 Å². The number of methoxy groups -OCH3 is 3. The molecular weight excluding hydrogens is 400 g/mol. The summed E-state index contributed by atoms with van der Waals surface area (Å²) in [5, 5.41) is 6.28. The zero-order chi connectivity index (χ0) is 22.2.